The molecule has 2 heterocycles. The van der Waals surface area contributed by atoms with Crippen molar-refractivity contribution in [3.8, 4) is 28.4 Å². The zero-order chi connectivity index (χ0) is 27.7. The average Bonchev–Trinajstić information content (AvgIpc) is 3.31. The topological polar surface area (TPSA) is 105 Å². The van der Waals surface area contributed by atoms with Gasteiger partial charge in [0.25, 0.3) is 0 Å². The molecule has 0 spiro atoms. The van der Waals surface area contributed by atoms with E-state index in [1.165, 1.54) is 0 Å². The van der Waals surface area contributed by atoms with Crippen LogP contribution in [-0.2, 0) is 11.4 Å². The van der Waals surface area contributed by atoms with Crippen molar-refractivity contribution in [1.82, 2.24) is 0 Å². The minimum atomic E-state index is -2.42. The molecule has 1 saturated heterocycles. The summed E-state index contributed by atoms with van der Waals surface area (Å²) in [5.41, 5.74) is 6.44. The normalized spacial score (nSPS) is 20.0. The summed E-state index contributed by atoms with van der Waals surface area (Å²) in [5, 5.41) is 9.37. The molecular formula is C31H36O7S. The Morgan fingerprint density at radius 2 is 1.74 bits per heavy atom. The molecule has 0 saturated carbocycles. The Balaban J connectivity index is 1.26. The Hall–Kier alpha value is -3.20. The van der Waals surface area contributed by atoms with Crippen LogP contribution in [0.5, 0.6) is 17.2 Å². The molecule has 2 aliphatic heterocycles. The number of aryl methyl sites for hydroxylation is 2. The molecule has 3 N–H and O–H groups in total. The zero-order valence-electron chi connectivity index (χ0n) is 22.6. The summed E-state index contributed by atoms with van der Waals surface area (Å²) in [6.07, 6.45) is 1.32. The first-order valence-corrected chi connectivity index (χ1v) is 15.2. The second-order valence-electron chi connectivity index (χ2n) is 10.7. The molecule has 3 aromatic carbocycles. The van der Waals surface area contributed by atoms with Crippen molar-refractivity contribution in [2.24, 2.45) is 5.92 Å². The van der Waals surface area contributed by atoms with E-state index in [1.807, 2.05) is 30.3 Å². The first kappa shape index (κ1) is 27.4. The number of ether oxygens (including phenoxy) is 3. The lowest BCUT2D eigenvalue weighted by atomic mass is 9.89. The molecule has 2 atom stereocenters. The highest BCUT2D eigenvalue weighted by Crippen LogP contribution is 2.45. The van der Waals surface area contributed by atoms with E-state index in [9.17, 15) is 19.0 Å². The highest BCUT2D eigenvalue weighted by molar-refractivity contribution is 8.24. The van der Waals surface area contributed by atoms with Gasteiger partial charge in [-0.25, -0.2) is 0 Å². The van der Waals surface area contributed by atoms with E-state index in [4.69, 9.17) is 14.2 Å². The number of rotatable bonds is 8. The van der Waals surface area contributed by atoms with Crippen molar-refractivity contribution in [3.05, 3.63) is 76.9 Å². The molecule has 0 radical (unpaired) electrons. The van der Waals surface area contributed by atoms with Crippen LogP contribution in [0.15, 0.2) is 54.6 Å². The molecule has 3 aromatic rings. The third-order valence-electron chi connectivity index (χ3n) is 7.76. The fourth-order valence-electron chi connectivity index (χ4n) is 5.52. The first-order chi connectivity index (χ1) is 18.6. The Morgan fingerprint density at radius 1 is 1.03 bits per heavy atom. The first-order valence-electron chi connectivity index (χ1n) is 13.3. The second kappa shape index (κ2) is 11.1. The highest BCUT2D eigenvalue weighted by atomic mass is 32.3. The predicted octanol–water partition coefficient (Wildman–Crippen LogP) is 7.04. The maximum Gasteiger partial charge on any atom is 0.306 e. The van der Waals surface area contributed by atoms with Gasteiger partial charge in [0.1, 0.15) is 30.0 Å². The van der Waals surface area contributed by atoms with Gasteiger partial charge in [0.15, 0.2) is 0 Å². The summed E-state index contributed by atoms with van der Waals surface area (Å²) < 4.78 is 37.8. The van der Waals surface area contributed by atoms with E-state index in [0.717, 1.165) is 39.1 Å². The largest absolute Gasteiger partial charge is 0.492 e. The molecule has 39 heavy (non-hydrogen) atoms. The number of fused-ring (bicyclic) bond motifs is 1. The van der Waals surface area contributed by atoms with Gasteiger partial charge in [0.05, 0.1) is 12.5 Å². The average molecular weight is 553 g/mol. The van der Waals surface area contributed by atoms with Crippen LogP contribution >= 0.6 is 10.6 Å². The fraction of sp³-hybridized carbons (Fsp3) is 0.387. The van der Waals surface area contributed by atoms with Gasteiger partial charge in [-0.15, -0.1) is 0 Å². The molecule has 0 aliphatic carbocycles. The van der Waals surface area contributed by atoms with Crippen LogP contribution in [0.4, 0.5) is 0 Å². The number of benzene rings is 3. The van der Waals surface area contributed by atoms with Crippen LogP contribution in [0.25, 0.3) is 11.1 Å². The summed E-state index contributed by atoms with van der Waals surface area (Å²) in [6.45, 7) is 6.63. The molecule has 0 aromatic heterocycles. The van der Waals surface area contributed by atoms with Crippen LogP contribution in [0, 0.1) is 19.8 Å². The summed E-state index contributed by atoms with van der Waals surface area (Å²) in [4.78, 5) is 11.4. The van der Waals surface area contributed by atoms with Crippen LogP contribution in [0.2, 0.25) is 0 Å². The van der Waals surface area contributed by atoms with Crippen LogP contribution in [0.1, 0.15) is 47.9 Å². The lowest BCUT2D eigenvalue weighted by Crippen LogP contribution is -2.28. The number of carbonyl (C=O) groups is 1. The zero-order valence-corrected chi connectivity index (χ0v) is 23.4. The van der Waals surface area contributed by atoms with Gasteiger partial charge >= 0.3 is 5.97 Å². The molecule has 5 rings (SSSR count). The van der Waals surface area contributed by atoms with Gasteiger partial charge in [0.2, 0.25) is 0 Å². The summed E-state index contributed by atoms with van der Waals surface area (Å²) in [5.74, 6) is 1.51. The van der Waals surface area contributed by atoms with Crippen LogP contribution in [0.3, 0.4) is 0 Å². The number of carboxylic acid groups (broad SMARTS) is 1. The Bertz CT molecular complexity index is 1340. The smallest absolute Gasteiger partial charge is 0.306 e. The van der Waals surface area contributed by atoms with E-state index in [1.54, 1.807) is 6.92 Å². The van der Waals surface area contributed by atoms with Crippen molar-refractivity contribution in [2.45, 2.75) is 52.2 Å². The Labute approximate surface area is 231 Å². The van der Waals surface area contributed by atoms with Gasteiger partial charge in [-0.05, 0) is 65.9 Å². The highest BCUT2D eigenvalue weighted by Gasteiger charge is 2.33. The standard InChI is InChI=1S/C31H36O7S/c1-19-13-26(38-24-9-11-39(34,35)12-10-24)14-20(2)30(19)23-6-4-5-22(15-23)17-36-25-7-8-27-28(21(3)31(32)33)18-37-29(27)16-25/h4-8,13-16,21,24,28,34-35H,9-12,17-18H2,1-3H3,(H,32,33)/t21?,28-/m0/s1. The molecule has 1 fully saturated rings. The molecule has 7 nitrogen and oxygen atoms in total. The number of hydrogen-bond donors (Lipinski definition) is 3. The number of hydrogen-bond acceptors (Lipinski definition) is 6. The minimum absolute atomic E-state index is 0.00567. The third kappa shape index (κ3) is 6.19. The number of carboxylic acids is 1. The van der Waals surface area contributed by atoms with E-state index in [2.05, 4.69) is 38.1 Å². The molecule has 8 heteroatoms. The Kier molecular flexibility index (Phi) is 7.80. The molecule has 0 amide bonds. The third-order valence-corrected chi connectivity index (χ3v) is 9.54. The van der Waals surface area contributed by atoms with E-state index < -0.39 is 22.5 Å². The summed E-state index contributed by atoms with van der Waals surface area (Å²) in [6, 6.07) is 18.0. The fourth-order valence-corrected chi connectivity index (χ4v) is 7.00. The van der Waals surface area contributed by atoms with Crippen molar-refractivity contribution in [1.29, 1.82) is 0 Å². The van der Waals surface area contributed by atoms with Crippen molar-refractivity contribution in [2.75, 3.05) is 18.1 Å². The number of aliphatic carboxylic acids is 1. The lowest BCUT2D eigenvalue weighted by molar-refractivity contribution is -0.142. The monoisotopic (exact) mass is 552 g/mol. The van der Waals surface area contributed by atoms with Gasteiger partial charge in [-0.1, -0.05) is 31.2 Å². The Morgan fingerprint density at radius 3 is 2.44 bits per heavy atom. The van der Waals surface area contributed by atoms with Crippen molar-refractivity contribution in [3.63, 3.8) is 0 Å². The van der Waals surface area contributed by atoms with Crippen LogP contribution < -0.4 is 14.2 Å². The maximum atomic E-state index is 11.4. The van der Waals surface area contributed by atoms with Crippen LogP contribution in [-0.4, -0.2) is 44.4 Å². The molecule has 208 valence electrons. The maximum absolute atomic E-state index is 11.4. The van der Waals surface area contributed by atoms with Crippen molar-refractivity contribution >= 4 is 16.6 Å². The lowest BCUT2D eigenvalue weighted by Gasteiger charge is -2.39. The van der Waals surface area contributed by atoms with Gasteiger partial charge in [-0.2, -0.15) is 10.6 Å². The summed E-state index contributed by atoms with van der Waals surface area (Å²) in [7, 11) is -2.42. The van der Waals surface area contributed by atoms with E-state index in [-0.39, 0.29) is 12.0 Å². The van der Waals surface area contributed by atoms with E-state index >= 15 is 0 Å². The van der Waals surface area contributed by atoms with Gasteiger partial charge < -0.3 is 19.3 Å². The quantitative estimate of drug-likeness (QED) is 0.275. The molecular weight excluding hydrogens is 516 g/mol. The molecule has 1 unspecified atom stereocenters. The minimum Gasteiger partial charge on any atom is -0.492 e. The van der Waals surface area contributed by atoms with Crippen molar-refractivity contribution < 1.29 is 33.2 Å². The molecule has 0 bridgehead atoms. The van der Waals surface area contributed by atoms with E-state index in [0.29, 0.717) is 49.1 Å². The molecule has 2 aliphatic rings. The predicted molar refractivity (Wildman–Crippen MR) is 153 cm³/mol. The SMILES string of the molecule is Cc1cc(OC2CCS(O)(O)CC2)cc(C)c1-c1cccc(COc2ccc3c(c2)OC[C@H]3C(C)C(=O)O)c1. The van der Waals surface area contributed by atoms with Gasteiger partial charge in [0, 0.05) is 41.9 Å². The second-order valence-corrected chi connectivity index (χ2v) is 13.1. The van der Waals surface area contributed by atoms with Gasteiger partial charge in [-0.3, -0.25) is 13.9 Å². The summed E-state index contributed by atoms with van der Waals surface area (Å²) >= 11 is 0.